The molecule has 0 N–H and O–H groups in total. The van der Waals surface area contributed by atoms with E-state index in [-0.39, 0.29) is 11.8 Å². The van der Waals surface area contributed by atoms with Gasteiger partial charge in [0.05, 0.1) is 22.2 Å². The monoisotopic (exact) mass is 379 g/mol. The average Bonchev–Trinajstić information content (AvgIpc) is 2.95. The third kappa shape index (κ3) is 3.97. The number of sulfonamides is 1. The molecule has 1 aromatic carbocycles. The molecule has 0 spiro atoms. The van der Waals surface area contributed by atoms with E-state index in [0.29, 0.717) is 24.5 Å². The van der Waals surface area contributed by atoms with Gasteiger partial charge in [0.1, 0.15) is 0 Å². The molecule has 1 atom stereocenters. The smallest absolute Gasteiger partial charge is 0.235 e. The summed E-state index contributed by atoms with van der Waals surface area (Å²) in [7, 11) is -1.16. The third-order valence-electron chi connectivity index (χ3n) is 4.63. The quantitative estimate of drug-likeness (QED) is 0.798. The maximum atomic E-state index is 12.1. The maximum absolute atomic E-state index is 12.1. The summed E-state index contributed by atoms with van der Waals surface area (Å²) in [5.41, 5.74) is 2.64. The van der Waals surface area contributed by atoms with Gasteiger partial charge in [-0.05, 0) is 50.2 Å². The Morgan fingerprint density at radius 3 is 2.80 bits per heavy atom. The Bertz CT molecular complexity index is 857. The van der Waals surface area contributed by atoms with Crippen LogP contribution in [0.15, 0.2) is 42.6 Å². The zero-order valence-electron chi connectivity index (χ0n) is 14.4. The van der Waals surface area contributed by atoms with Crippen LogP contribution in [0, 0.1) is 0 Å². The highest BCUT2D eigenvalue weighted by molar-refractivity contribution is 7.93. The first-order chi connectivity index (χ1) is 11.9. The molecule has 0 amide bonds. The second-order valence-electron chi connectivity index (χ2n) is 6.36. The van der Waals surface area contributed by atoms with Crippen LogP contribution in [0.25, 0.3) is 0 Å². The van der Waals surface area contributed by atoms with Crippen LogP contribution < -0.4 is 4.31 Å². The van der Waals surface area contributed by atoms with Crippen LogP contribution in [0.1, 0.15) is 30.6 Å². The Morgan fingerprint density at radius 1 is 1.32 bits per heavy atom. The summed E-state index contributed by atoms with van der Waals surface area (Å²) >= 11 is 6.20. The Balaban J connectivity index is 1.79. The number of anilines is 1. The molecule has 1 unspecified atom stereocenters. The molecule has 0 saturated carbocycles. The number of pyridine rings is 1. The second-order valence-corrected chi connectivity index (χ2v) is 8.78. The molecule has 7 heteroatoms. The number of benzene rings is 1. The minimum atomic E-state index is -3.16. The van der Waals surface area contributed by atoms with Crippen LogP contribution in [0.5, 0.6) is 0 Å². The fraction of sp³-hybridized carbons (Fsp3) is 0.389. The van der Waals surface area contributed by atoms with Crippen molar-refractivity contribution in [3.05, 3.63) is 58.9 Å². The van der Waals surface area contributed by atoms with Crippen molar-refractivity contribution in [2.45, 2.75) is 25.9 Å². The minimum Gasteiger partial charge on any atom is -0.294 e. The van der Waals surface area contributed by atoms with Crippen molar-refractivity contribution < 1.29 is 8.42 Å². The lowest BCUT2D eigenvalue weighted by atomic mass is 10.1. The van der Waals surface area contributed by atoms with Gasteiger partial charge in [-0.3, -0.25) is 14.2 Å². The van der Waals surface area contributed by atoms with E-state index >= 15 is 0 Å². The van der Waals surface area contributed by atoms with Crippen LogP contribution in [-0.2, 0) is 16.6 Å². The van der Waals surface area contributed by atoms with E-state index in [4.69, 9.17) is 11.6 Å². The molecule has 5 nitrogen and oxygen atoms in total. The molecule has 3 rings (SSSR count). The van der Waals surface area contributed by atoms with Crippen LogP contribution in [0.3, 0.4) is 0 Å². The first-order valence-electron chi connectivity index (χ1n) is 8.28. The second kappa shape index (κ2) is 7.32. The first kappa shape index (κ1) is 18.2. The third-order valence-corrected chi connectivity index (χ3v) is 6.85. The van der Waals surface area contributed by atoms with Gasteiger partial charge in [-0.15, -0.1) is 0 Å². The zero-order valence-corrected chi connectivity index (χ0v) is 16.0. The summed E-state index contributed by atoms with van der Waals surface area (Å²) in [6.45, 7) is 3.26. The number of hydrogen-bond donors (Lipinski definition) is 0. The molecule has 1 aliphatic heterocycles. The molecular formula is C18H22ClN3O2S. The SMILES string of the molecule is CC(c1cccc(N2CCCS2(=O)=O)c1)N(C)Cc1ncccc1Cl. The van der Waals surface area contributed by atoms with E-state index in [1.165, 1.54) is 4.31 Å². The Labute approximate surface area is 154 Å². The number of nitrogens with zero attached hydrogens (tertiary/aromatic N) is 3. The zero-order chi connectivity index (χ0) is 18.0. The number of aromatic nitrogens is 1. The molecular weight excluding hydrogens is 358 g/mol. The fourth-order valence-electron chi connectivity index (χ4n) is 3.03. The summed E-state index contributed by atoms with van der Waals surface area (Å²) in [6.07, 6.45) is 2.42. The standard InChI is InChI=1S/C18H22ClN3O2S/c1-14(21(2)13-18-17(19)8-4-9-20-18)15-6-3-7-16(12-15)22-10-5-11-25(22,23)24/h3-4,6-9,12,14H,5,10-11,13H2,1-2H3. The van der Waals surface area contributed by atoms with Crippen molar-refractivity contribution >= 4 is 27.3 Å². The summed E-state index contributed by atoms with van der Waals surface area (Å²) in [5, 5.41) is 0.651. The van der Waals surface area contributed by atoms with E-state index < -0.39 is 10.0 Å². The van der Waals surface area contributed by atoms with E-state index in [2.05, 4.69) is 16.8 Å². The lowest BCUT2D eigenvalue weighted by Crippen LogP contribution is -2.26. The predicted octanol–water partition coefficient (Wildman–Crippen LogP) is 3.47. The highest BCUT2D eigenvalue weighted by atomic mass is 35.5. The Morgan fingerprint density at radius 2 is 2.12 bits per heavy atom. The molecule has 25 heavy (non-hydrogen) atoms. The van der Waals surface area contributed by atoms with Crippen LogP contribution in [0.2, 0.25) is 5.02 Å². The fourth-order valence-corrected chi connectivity index (χ4v) is 4.77. The molecule has 2 heterocycles. The largest absolute Gasteiger partial charge is 0.294 e. The molecule has 0 bridgehead atoms. The van der Waals surface area contributed by atoms with Crippen molar-refractivity contribution in [2.24, 2.45) is 0 Å². The van der Waals surface area contributed by atoms with Gasteiger partial charge in [-0.2, -0.15) is 0 Å². The topological polar surface area (TPSA) is 53.5 Å². The van der Waals surface area contributed by atoms with Crippen LogP contribution in [0.4, 0.5) is 5.69 Å². The van der Waals surface area contributed by atoms with Crippen molar-refractivity contribution in [3.8, 4) is 0 Å². The molecule has 1 aliphatic rings. The van der Waals surface area contributed by atoms with Gasteiger partial charge in [-0.25, -0.2) is 8.42 Å². The molecule has 1 saturated heterocycles. The maximum Gasteiger partial charge on any atom is 0.235 e. The Hall–Kier alpha value is -1.63. The summed E-state index contributed by atoms with van der Waals surface area (Å²) in [5.74, 6) is 0.227. The van der Waals surface area contributed by atoms with Gasteiger partial charge in [0.15, 0.2) is 0 Å². The first-order valence-corrected chi connectivity index (χ1v) is 10.3. The summed E-state index contributed by atoms with van der Waals surface area (Å²) in [6, 6.07) is 11.5. The van der Waals surface area contributed by atoms with Gasteiger partial charge in [0.2, 0.25) is 10.0 Å². The Kier molecular flexibility index (Phi) is 5.32. The van der Waals surface area contributed by atoms with E-state index in [9.17, 15) is 8.42 Å². The number of hydrogen-bond acceptors (Lipinski definition) is 4. The molecule has 1 fully saturated rings. The van der Waals surface area contributed by atoms with Crippen molar-refractivity contribution in [3.63, 3.8) is 0 Å². The van der Waals surface area contributed by atoms with E-state index in [1.54, 1.807) is 6.20 Å². The number of halogens is 1. The average molecular weight is 380 g/mol. The van der Waals surface area contributed by atoms with Gasteiger partial charge >= 0.3 is 0 Å². The predicted molar refractivity (Wildman–Crippen MR) is 101 cm³/mol. The van der Waals surface area contributed by atoms with Gasteiger partial charge in [0, 0.05) is 25.3 Å². The molecule has 134 valence electrons. The highest BCUT2D eigenvalue weighted by Gasteiger charge is 2.28. The summed E-state index contributed by atoms with van der Waals surface area (Å²) < 4.78 is 25.8. The van der Waals surface area contributed by atoms with E-state index in [1.807, 2.05) is 43.4 Å². The minimum absolute atomic E-state index is 0.100. The van der Waals surface area contributed by atoms with Gasteiger partial charge in [-0.1, -0.05) is 23.7 Å². The van der Waals surface area contributed by atoms with E-state index in [0.717, 1.165) is 16.9 Å². The number of rotatable bonds is 5. The van der Waals surface area contributed by atoms with Crippen molar-refractivity contribution in [1.82, 2.24) is 9.88 Å². The molecule has 0 radical (unpaired) electrons. The van der Waals surface area contributed by atoms with Crippen LogP contribution in [-0.4, -0.2) is 37.6 Å². The normalized spacial score (nSPS) is 17.8. The highest BCUT2D eigenvalue weighted by Crippen LogP contribution is 2.29. The van der Waals surface area contributed by atoms with Crippen LogP contribution >= 0.6 is 11.6 Å². The lowest BCUT2D eigenvalue weighted by Gasteiger charge is -2.26. The molecule has 0 aliphatic carbocycles. The van der Waals surface area contributed by atoms with Crippen molar-refractivity contribution in [2.75, 3.05) is 23.7 Å². The molecule has 1 aromatic heterocycles. The molecule has 2 aromatic rings. The van der Waals surface area contributed by atoms with Gasteiger partial charge in [0.25, 0.3) is 0 Å². The van der Waals surface area contributed by atoms with Crippen molar-refractivity contribution in [1.29, 1.82) is 0 Å². The lowest BCUT2D eigenvalue weighted by molar-refractivity contribution is 0.250. The summed E-state index contributed by atoms with van der Waals surface area (Å²) in [4.78, 5) is 6.48. The van der Waals surface area contributed by atoms with Gasteiger partial charge < -0.3 is 0 Å².